The van der Waals surface area contributed by atoms with Crippen molar-refractivity contribution in [2.24, 2.45) is 0 Å². The summed E-state index contributed by atoms with van der Waals surface area (Å²) in [6.45, 7) is 78.1. The standard InChI is InChI=1S/C50H61N.C43H47N.C42H45N/c1-46(2,3)34-26-33(27-35(28-34)47(4,5)6)40-24-25-42-44(45(40)50(13,14)15)43-39(32-20-17-16-18-21-32)22-19-23-41(43)51(42)38-30-36(48(7,8)9)29-37(31-38)49(10,11)12;1-28-16-14-19-30(24-28)35-22-23-37-39(40(35)43(8,9)10)38-34(29-17-12-11-13-18-29)20-15-21-36(38)44(37)33-26-31(41(2,3)4)25-32(27-33)42(5,6)7;1-40(2,3)30-25-31(41(4,5)6)27-32(26-30)43-35-22-16-21-33(28-17-12-10-13-18-28)37(35)38-36(43)24-23-34(39(38)42(7,8)9)29-19-14-11-15-20-29/h16-31H,1-15H3;11-27H,1-10H3;10-27H,1-9H3/i;14D,16D,19D,24D;. The summed E-state index contributed by atoms with van der Waals surface area (Å²) in [5.41, 5.74) is 38.9. The summed E-state index contributed by atoms with van der Waals surface area (Å²) < 4.78 is 42.7. The van der Waals surface area contributed by atoms with Crippen LogP contribution in [0.3, 0.4) is 0 Å². The average Bonchev–Trinajstić information content (AvgIpc) is 1.54. The summed E-state index contributed by atoms with van der Waals surface area (Å²) in [7, 11) is 0. The molecule has 0 aliphatic rings. The summed E-state index contributed by atoms with van der Waals surface area (Å²) in [6.07, 6.45) is 0. The zero-order valence-electron chi connectivity index (χ0n) is 93.5. The second-order valence-corrected chi connectivity index (χ2v) is 50.6. The van der Waals surface area contributed by atoms with Gasteiger partial charge < -0.3 is 13.7 Å². The van der Waals surface area contributed by atoms with Gasteiger partial charge in [-0.25, -0.2) is 0 Å². The van der Waals surface area contributed by atoms with Gasteiger partial charge in [-0.3, -0.25) is 0 Å². The van der Waals surface area contributed by atoms with E-state index in [1.807, 2.05) is 12.1 Å². The molecule has 0 unspecified atom stereocenters. The monoisotopic (exact) mass is 1820 g/mol. The van der Waals surface area contributed by atoms with E-state index in [1.54, 1.807) is 6.92 Å². The number of benzene rings is 15. The van der Waals surface area contributed by atoms with Gasteiger partial charge in [0.15, 0.2) is 0 Å². The number of nitrogens with zero attached hydrogens (tertiary/aromatic N) is 3. The van der Waals surface area contributed by atoms with Gasteiger partial charge in [-0.05, 0) is 267 Å². The fraction of sp³-hybridized carbons (Fsp3) is 0.333. The minimum Gasteiger partial charge on any atom is -0.309 e. The first-order valence-corrected chi connectivity index (χ1v) is 50.3. The molecule has 0 N–H and O–H groups in total. The van der Waals surface area contributed by atoms with Crippen molar-refractivity contribution in [3.63, 3.8) is 0 Å². The number of aromatic nitrogens is 3. The highest BCUT2D eigenvalue weighted by atomic mass is 15.0. The third kappa shape index (κ3) is 19.5. The van der Waals surface area contributed by atoms with Gasteiger partial charge in [0, 0.05) is 49.4 Å². The van der Waals surface area contributed by atoms with Gasteiger partial charge >= 0.3 is 0 Å². The molecule has 3 aromatic heterocycles. The van der Waals surface area contributed by atoms with E-state index in [1.165, 1.54) is 155 Å². The first-order valence-electron chi connectivity index (χ1n) is 52.3. The van der Waals surface area contributed by atoms with Crippen molar-refractivity contribution >= 4 is 65.4 Å². The molecule has 0 aliphatic heterocycles. The van der Waals surface area contributed by atoms with Gasteiger partial charge in [-0.2, -0.15) is 0 Å². The Morgan fingerprint density at radius 1 is 0.181 bits per heavy atom. The van der Waals surface area contributed by atoms with Crippen LogP contribution >= 0.6 is 0 Å². The van der Waals surface area contributed by atoms with Crippen LogP contribution in [0, 0.1) is 6.92 Å². The van der Waals surface area contributed by atoms with Crippen LogP contribution < -0.4 is 0 Å². The highest BCUT2D eigenvalue weighted by Crippen LogP contribution is 2.54. The second kappa shape index (κ2) is 35.9. The van der Waals surface area contributed by atoms with Gasteiger partial charge in [0.25, 0.3) is 0 Å². The molecule has 15 aromatic carbocycles. The number of hydrogen-bond donors (Lipinski definition) is 0. The lowest BCUT2D eigenvalue weighted by molar-refractivity contribution is 0.567. The van der Waals surface area contributed by atoms with Gasteiger partial charge in [-0.15, -0.1) is 0 Å². The SMILES string of the molecule is CC(C)(C)c1cc(-c2ccc3c(c2C(C)(C)C)c2c(-c4ccccc4)cccc2n3-c2cc(C(C)(C)C)cc(C(C)(C)C)c2)cc(C(C)(C)C)c1.CC(C)(C)c1cc(-n2c3cccc(-c4ccccc4)c3c3c(C(C)(C)C)c(-c4ccccc4)ccc32)cc(C(C)(C)C)c1.[2H]c1c([2H])c(C)c([2H])c(-c2ccc3c(c2C(C)(C)C)c2c(-c4ccccc4)cccc2n3-c2cc(C(C)(C)C)cc(C(C)(C)C)c2)c1[2H]. The van der Waals surface area contributed by atoms with Crippen LogP contribution in [0.5, 0.6) is 0 Å². The van der Waals surface area contributed by atoms with Gasteiger partial charge in [0.2, 0.25) is 0 Å². The van der Waals surface area contributed by atoms with Crippen LogP contribution in [-0.2, 0) is 59.6 Å². The van der Waals surface area contributed by atoms with Crippen molar-refractivity contribution in [2.75, 3.05) is 0 Å². The molecule has 0 saturated carbocycles. The largest absolute Gasteiger partial charge is 0.309 e. The maximum absolute atomic E-state index is 9.14. The average molecular weight is 1820 g/mol. The van der Waals surface area contributed by atoms with Crippen LogP contribution in [-0.4, -0.2) is 13.7 Å². The van der Waals surface area contributed by atoms with Gasteiger partial charge in [0.05, 0.1) is 38.6 Å². The van der Waals surface area contributed by atoms with E-state index in [9.17, 15) is 0 Å². The predicted molar refractivity (Wildman–Crippen MR) is 605 cm³/mol. The van der Waals surface area contributed by atoms with E-state index in [-0.39, 0.29) is 78.3 Å². The molecule has 3 heterocycles. The lowest BCUT2D eigenvalue weighted by atomic mass is 9.75. The summed E-state index contributed by atoms with van der Waals surface area (Å²) in [5, 5.41) is 7.57. The molecule has 0 atom stereocenters. The molecule has 708 valence electrons. The Kier molecular flexibility index (Phi) is 24.3. The van der Waals surface area contributed by atoms with Crippen LogP contribution in [0.4, 0.5) is 0 Å². The van der Waals surface area contributed by atoms with Crippen molar-refractivity contribution in [2.45, 2.75) is 295 Å². The van der Waals surface area contributed by atoms with Crippen molar-refractivity contribution in [1.29, 1.82) is 0 Å². The Balaban J connectivity index is 0.000000154. The highest BCUT2D eigenvalue weighted by molar-refractivity contribution is 6.22. The van der Waals surface area contributed by atoms with Crippen molar-refractivity contribution in [3.05, 3.63) is 376 Å². The fourth-order valence-electron chi connectivity index (χ4n) is 20.5. The zero-order valence-corrected chi connectivity index (χ0v) is 89.5. The van der Waals surface area contributed by atoms with Crippen LogP contribution in [0.15, 0.2) is 309 Å². The Labute approximate surface area is 833 Å². The normalized spacial score (nSPS) is 13.4. The number of rotatable bonds is 9. The van der Waals surface area contributed by atoms with E-state index in [4.69, 9.17) is 5.48 Å². The summed E-state index contributed by atoms with van der Waals surface area (Å²) in [4.78, 5) is 0. The molecule has 138 heavy (non-hydrogen) atoms. The summed E-state index contributed by atoms with van der Waals surface area (Å²) in [6, 6.07) is 106. The molecule has 3 heteroatoms. The molecule has 0 fully saturated rings. The van der Waals surface area contributed by atoms with E-state index in [0.29, 0.717) is 11.1 Å². The van der Waals surface area contributed by atoms with E-state index in [2.05, 4.69) is 515 Å². The molecule has 0 bridgehead atoms. The molecule has 0 amide bonds. The smallest absolute Gasteiger partial charge is 0.0632 e. The Morgan fingerprint density at radius 2 is 0.399 bits per heavy atom. The number of hydrogen-bond acceptors (Lipinski definition) is 0. The molecule has 0 saturated heterocycles. The Hall–Kier alpha value is -12.3. The fourth-order valence-corrected chi connectivity index (χ4v) is 20.5. The second-order valence-electron chi connectivity index (χ2n) is 50.6. The Bertz CT molecular complexity index is 7720. The highest BCUT2D eigenvalue weighted by Gasteiger charge is 2.36. The minimum absolute atomic E-state index is 0.0105. The third-order valence-corrected chi connectivity index (χ3v) is 28.2. The predicted octanol–water partition coefficient (Wildman–Crippen LogP) is 38.9. The lowest BCUT2D eigenvalue weighted by Gasteiger charge is -2.29. The van der Waals surface area contributed by atoms with Crippen molar-refractivity contribution < 1.29 is 5.48 Å². The molecular weight excluding hydrogens is 1660 g/mol. The Morgan fingerprint density at radius 3 is 0.638 bits per heavy atom. The van der Waals surface area contributed by atoms with Gasteiger partial charge in [0.1, 0.15) is 0 Å². The van der Waals surface area contributed by atoms with Crippen molar-refractivity contribution in [1.82, 2.24) is 13.7 Å². The molecule has 18 aromatic rings. The maximum Gasteiger partial charge on any atom is 0.0632 e. The van der Waals surface area contributed by atoms with E-state index < -0.39 is 5.41 Å². The van der Waals surface area contributed by atoms with E-state index in [0.717, 1.165) is 49.7 Å². The first kappa shape index (κ1) is 93.4. The van der Waals surface area contributed by atoms with Crippen molar-refractivity contribution in [3.8, 4) is 83.8 Å². The number of fused-ring (bicyclic) bond motifs is 9. The summed E-state index contributed by atoms with van der Waals surface area (Å²) in [5.74, 6) is 0. The molecule has 0 radical (unpaired) electrons. The molecule has 18 rings (SSSR count). The maximum atomic E-state index is 9.14. The topological polar surface area (TPSA) is 14.8 Å². The summed E-state index contributed by atoms with van der Waals surface area (Å²) >= 11 is 0. The van der Waals surface area contributed by atoms with Crippen LogP contribution in [0.2, 0.25) is 0 Å². The molecule has 0 aliphatic carbocycles. The third-order valence-electron chi connectivity index (χ3n) is 28.2. The van der Waals surface area contributed by atoms with Crippen LogP contribution in [0.25, 0.3) is 149 Å². The minimum atomic E-state index is -0.393. The van der Waals surface area contributed by atoms with Gasteiger partial charge in [-0.1, -0.05) is 471 Å². The van der Waals surface area contributed by atoms with Crippen LogP contribution in [0.1, 0.15) is 301 Å². The van der Waals surface area contributed by atoms with E-state index >= 15 is 0 Å². The lowest BCUT2D eigenvalue weighted by Crippen LogP contribution is -2.18. The molecule has 3 nitrogen and oxygen atoms in total. The quantitative estimate of drug-likeness (QED) is 0.137. The zero-order chi connectivity index (χ0) is 103. The first-order chi connectivity index (χ1) is 66.0. The molecular formula is C135H153N3. The molecule has 0 spiro atoms.